The van der Waals surface area contributed by atoms with Crippen LogP contribution in [0.1, 0.15) is 32.4 Å². The molecule has 164 valence electrons. The molecule has 0 aliphatic carbocycles. The molecule has 2 amide bonds. The van der Waals surface area contributed by atoms with E-state index in [1.165, 1.54) is 5.56 Å². The molecule has 3 aromatic carbocycles. The maximum atomic E-state index is 12.6. The van der Waals surface area contributed by atoms with Crippen LogP contribution in [0.25, 0.3) is 0 Å². The van der Waals surface area contributed by atoms with Crippen LogP contribution >= 0.6 is 11.8 Å². The molecule has 32 heavy (non-hydrogen) atoms. The van der Waals surface area contributed by atoms with E-state index < -0.39 is 0 Å². The molecule has 0 radical (unpaired) electrons. The summed E-state index contributed by atoms with van der Waals surface area (Å²) in [5.41, 5.74) is 3.77. The van der Waals surface area contributed by atoms with Crippen molar-refractivity contribution in [2.24, 2.45) is 0 Å². The Bertz CT molecular complexity index is 1070. The standard InChI is InChI=1S/C26H26N2O3S/c1-31-23-10-6-5-9-22(23)17-27-25(30)20-11-13-21(14-12-20)26-28(24(29)18-32-26)16-15-19-7-3-2-4-8-19/h2-14,26H,15-18H2,1H3,(H,27,30)/t26-/m1/s1. The molecule has 5 nitrogen and oxygen atoms in total. The number of rotatable bonds is 8. The van der Waals surface area contributed by atoms with Gasteiger partial charge in [-0.25, -0.2) is 0 Å². The van der Waals surface area contributed by atoms with E-state index in [0.717, 1.165) is 23.3 Å². The summed E-state index contributed by atoms with van der Waals surface area (Å²) in [6.45, 7) is 1.08. The van der Waals surface area contributed by atoms with Crippen LogP contribution in [0.4, 0.5) is 0 Å². The van der Waals surface area contributed by atoms with Gasteiger partial charge < -0.3 is 15.0 Å². The van der Waals surface area contributed by atoms with Crippen molar-refractivity contribution in [3.8, 4) is 5.75 Å². The highest BCUT2D eigenvalue weighted by molar-refractivity contribution is 8.00. The minimum absolute atomic E-state index is 0.0168. The number of methoxy groups -OCH3 is 1. The number of nitrogens with zero attached hydrogens (tertiary/aromatic N) is 1. The molecule has 0 spiro atoms. The summed E-state index contributed by atoms with van der Waals surface area (Å²) in [7, 11) is 1.62. The Hall–Kier alpha value is -3.25. The molecule has 0 unspecified atom stereocenters. The first kappa shape index (κ1) is 22.0. The first-order valence-electron chi connectivity index (χ1n) is 10.6. The van der Waals surface area contributed by atoms with Gasteiger partial charge in [-0.15, -0.1) is 11.8 Å². The molecule has 1 N–H and O–H groups in total. The Labute approximate surface area is 192 Å². The fraction of sp³-hybridized carbons (Fsp3) is 0.231. The number of nitrogens with one attached hydrogen (secondary N) is 1. The second-order valence-electron chi connectivity index (χ2n) is 7.60. The van der Waals surface area contributed by atoms with Gasteiger partial charge in [0.1, 0.15) is 11.1 Å². The molecule has 0 aromatic heterocycles. The van der Waals surface area contributed by atoms with Gasteiger partial charge in [-0.2, -0.15) is 0 Å². The van der Waals surface area contributed by atoms with Gasteiger partial charge in [0.2, 0.25) is 5.91 Å². The van der Waals surface area contributed by atoms with Crippen molar-refractivity contribution in [1.82, 2.24) is 10.2 Å². The number of para-hydroxylation sites is 1. The molecule has 1 aliphatic heterocycles. The van der Waals surface area contributed by atoms with Gasteiger partial charge in [-0.3, -0.25) is 9.59 Å². The van der Waals surface area contributed by atoms with Crippen LogP contribution in [0, 0.1) is 0 Å². The lowest BCUT2D eigenvalue weighted by Gasteiger charge is -2.24. The fourth-order valence-corrected chi connectivity index (χ4v) is 5.01. The number of thioether (sulfide) groups is 1. The van der Waals surface area contributed by atoms with Crippen molar-refractivity contribution in [3.63, 3.8) is 0 Å². The van der Waals surface area contributed by atoms with E-state index in [1.807, 2.05) is 71.6 Å². The smallest absolute Gasteiger partial charge is 0.251 e. The predicted molar refractivity (Wildman–Crippen MR) is 128 cm³/mol. The molecule has 0 saturated carbocycles. The molecule has 0 bridgehead atoms. The maximum absolute atomic E-state index is 12.6. The highest BCUT2D eigenvalue weighted by atomic mass is 32.2. The minimum atomic E-state index is -0.140. The first-order valence-corrected chi connectivity index (χ1v) is 11.7. The van der Waals surface area contributed by atoms with E-state index in [0.29, 0.717) is 24.4 Å². The van der Waals surface area contributed by atoms with E-state index >= 15 is 0 Å². The van der Waals surface area contributed by atoms with Crippen LogP contribution in [-0.4, -0.2) is 36.1 Å². The Kier molecular flexibility index (Phi) is 7.12. The second-order valence-corrected chi connectivity index (χ2v) is 8.67. The van der Waals surface area contributed by atoms with E-state index in [4.69, 9.17) is 4.74 Å². The molecule has 1 fully saturated rings. The molecule has 1 heterocycles. The third-order valence-corrected chi connectivity index (χ3v) is 6.80. The Morgan fingerprint density at radius 1 is 1.03 bits per heavy atom. The van der Waals surface area contributed by atoms with Crippen molar-refractivity contribution < 1.29 is 14.3 Å². The summed E-state index contributed by atoms with van der Waals surface area (Å²) >= 11 is 1.63. The molecular weight excluding hydrogens is 420 g/mol. The molecular formula is C26H26N2O3S. The van der Waals surface area contributed by atoms with Crippen molar-refractivity contribution in [3.05, 3.63) is 101 Å². The second kappa shape index (κ2) is 10.4. The van der Waals surface area contributed by atoms with E-state index in [2.05, 4.69) is 17.4 Å². The first-order chi connectivity index (χ1) is 15.7. The fourth-order valence-electron chi connectivity index (χ4n) is 3.79. The van der Waals surface area contributed by atoms with Crippen LogP contribution < -0.4 is 10.1 Å². The number of carbonyl (C=O) groups excluding carboxylic acids is 2. The van der Waals surface area contributed by atoms with E-state index in [9.17, 15) is 9.59 Å². The summed E-state index contributed by atoms with van der Waals surface area (Å²) in [4.78, 5) is 27.0. The largest absolute Gasteiger partial charge is 0.496 e. The number of hydrogen-bond donors (Lipinski definition) is 1. The van der Waals surface area contributed by atoms with Crippen LogP contribution in [0.2, 0.25) is 0 Å². The Balaban J connectivity index is 1.38. The highest BCUT2D eigenvalue weighted by Gasteiger charge is 2.32. The molecule has 1 saturated heterocycles. The van der Waals surface area contributed by atoms with Gasteiger partial charge in [-0.1, -0.05) is 60.7 Å². The average molecular weight is 447 g/mol. The number of ether oxygens (including phenoxy) is 1. The number of benzene rings is 3. The highest BCUT2D eigenvalue weighted by Crippen LogP contribution is 2.38. The number of carbonyl (C=O) groups is 2. The normalized spacial score (nSPS) is 15.6. The molecule has 4 rings (SSSR count). The molecule has 1 atom stereocenters. The van der Waals surface area contributed by atoms with Gasteiger partial charge in [0, 0.05) is 24.2 Å². The van der Waals surface area contributed by atoms with Crippen LogP contribution in [0.5, 0.6) is 5.75 Å². The van der Waals surface area contributed by atoms with E-state index in [-0.39, 0.29) is 17.2 Å². The number of amides is 2. The Morgan fingerprint density at radius 2 is 1.75 bits per heavy atom. The zero-order valence-electron chi connectivity index (χ0n) is 18.0. The molecule has 1 aliphatic rings. The Morgan fingerprint density at radius 3 is 2.50 bits per heavy atom. The lowest BCUT2D eigenvalue weighted by Crippen LogP contribution is -2.30. The van der Waals surface area contributed by atoms with Crippen LogP contribution in [-0.2, 0) is 17.8 Å². The SMILES string of the molecule is COc1ccccc1CNC(=O)c1ccc([C@H]2SCC(=O)N2CCc2ccccc2)cc1. The summed E-state index contributed by atoms with van der Waals surface area (Å²) in [5.74, 6) is 1.26. The lowest BCUT2D eigenvalue weighted by molar-refractivity contribution is -0.128. The average Bonchev–Trinajstić information content (AvgIpc) is 3.22. The predicted octanol–water partition coefficient (Wildman–Crippen LogP) is 4.44. The topological polar surface area (TPSA) is 58.6 Å². The van der Waals surface area contributed by atoms with Crippen LogP contribution in [0.3, 0.4) is 0 Å². The van der Waals surface area contributed by atoms with E-state index in [1.54, 1.807) is 18.9 Å². The monoisotopic (exact) mass is 446 g/mol. The third-order valence-electron chi connectivity index (χ3n) is 5.54. The summed E-state index contributed by atoms with van der Waals surface area (Å²) in [6, 6.07) is 25.4. The van der Waals surface area contributed by atoms with Gasteiger partial charge in [0.05, 0.1) is 12.9 Å². The number of hydrogen-bond acceptors (Lipinski definition) is 4. The quantitative estimate of drug-likeness (QED) is 0.556. The summed E-state index contributed by atoms with van der Waals surface area (Å²) in [5, 5.41) is 2.93. The maximum Gasteiger partial charge on any atom is 0.251 e. The van der Waals surface area contributed by atoms with Gasteiger partial charge in [0.25, 0.3) is 5.91 Å². The third kappa shape index (κ3) is 5.14. The lowest BCUT2D eigenvalue weighted by atomic mass is 10.1. The zero-order chi connectivity index (χ0) is 22.3. The van der Waals surface area contributed by atoms with Gasteiger partial charge in [-0.05, 0) is 35.7 Å². The van der Waals surface area contributed by atoms with Crippen molar-refractivity contribution in [2.75, 3.05) is 19.4 Å². The van der Waals surface area contributed by atoms with Crippen LogP contribution in [0.15, 0.2) is 78.9 Å². The van der Waals surface area contributed by atoms with Gasteiger partial charge >= 0.3 is 0 Å². The zero-order valence-corrected chi connectivity index (χ0v) is 18.8. The summed E-state index contributed by atoms with van der Waals surface area (Å²) in [6.07, 6.45) is 0.826. The minimum Gasteiger partial charge on any atom is -0.496 e. The van der Waals surface area contributed by atoms with Crippen molar-refractivity contribution >= 4 is 23.6 Å². The van der Waals surface area contributed by atoms with Crippen molar-refractivity contribution in [1.29, 1.82) is 0 Å². The molecule has 3 aromatic rings. The van der Waals surface area contributed by atoms with Crippen molar-refractivity contribution in [2.45, 2.75) is 18.3 Å². The summed E-state index contributed by atoms with van der Waals surface area (Å²) < 4.78 is 5.34. The van der Waals surface area contributed by atoms with Gasteiger partial charge in [0.15, 0.2) is 0 Å². The molecule has 6 heteroatoms.